The van der Waals surface area contributed by atoms with Crippen molar-refractivity contribution in [3.8, 4) is 28.7 Å². The molecule has 3 aromatic rings. The molecule has 0 unspecified atom stereocenters. The van der Waals surface area contributed by atoms with Gasteiger partial charge in [0.2, 0.25) is 12.5 Å². The number of amides is 2. The van der Waals surface area contributed by atoms with Crippen molar-refractivity contribution in [1.82, 2.24) is 9.80 Å². The highest BCUT2D eigenvalue weighted by Crippen LogP contribution is 2.40. The molecule has 5 rings (SSSR count). The Bertz CT molecular complexity index is 1250. The summed E-state index contributed by atoms with van der Waals surface area (Å²) < 4.78 is 27.4. The summed E-state index contributed by atoms with van der Waals surface area (Å²) in [6, 6.07) is 19.7. The lowest BCUT2D eigenvalue weighted by Crippen LogP contribution is -2.48. The van der Waals surface area contributed by atoms with Crippen molar-refractivity contribution < 1.29 is 28.5 Å². The van der Waals surface area contributed by atoms with Gasteiger partial charge in [-0.1, -0.05) is 36.4 Å². The Labute approximate surface area is 229 Å². The molecule has 0 aliphatic carbocycles. The van der Waals surface area contributed by atoms with Gasteiger partial charge in [0.15, 0.2) is 23.0 Å². The number of benzene rings is 3. The molecular weight excluding hydrogens is 498 g/mol. The Morgan fingerprint density at radius 1 is 0.897 bits per heavy atom. The second-order valence-electron chi connectivity index (χ2n) is 9.65. The van der Waals surface area contributed by atoms with Gasteiger partial charge in [-0.3, -0.25) is 4.90 Å². The van der Waals surface area contributed by atoms with Gasteiger partial charge in [-0.2, -0.15) is 0 Å². The number of methoxy groups -OCH3 is 3. The zero-order chi connectivity index (χ0) is 27.2. The van der Waals surface area contributed by atoms with Gasteiger partial charge in [-0.05, 0) is 36.1 Å². The van der Waals surface area contributed by atoms with E-state index < -0.39 is 0 Å². The van der Waals surface area contributed by atoms with E-state index in [2.05, 4.69) is 34.5 Å². The predicted octanol–water partition coefficient (Wildman–Crippen LogP) is 5.14. The molecule has 2 amide bonds. The van der Waals surface area contributed by atoms with E-state index >= 15 is 0 Å². The van der Waals surface area contributed by atoms with Crippen molar-refractivity contribution in [2.75, 3.05) is 46.5 Å². The molecule has 2 aliphatic heterocycles. The Morgan fingerprint density at radius 2 is 1.59 bits per heavy atom. The van der Waals surface area contributed by atoms with Crippen LogP contribution in [0.3, 0.4) is 0 Å². The van der Waals surface area contributed by atoms with Crippen LogP contribution in [-0.2, 0) is 13.1 Å². The number of urea groups is 1. The Hall–Kier alpha value is -4.11. The maximum atomic E-state index is 13.8. The van der Waals surface area contributed by atoms with Crippen molar-refractivity contribution in [3.63, 3.8) is 0 Å². The lowest BCUT2D eigenvalue weighted by Gasteiger charge is -2.38. The first-order valence-corrected chi connectivity index (χ1v) is 13.1. The molecule has 0 spiro atoms. The summed E-state index contributed by atoms with van der Waals surface area (Å²) in [5.74, 6) is 2.85. The van der Waals surface area contributed by atoms with Gasteiger partial charge in [0.25, 0.3) is 0 Å². The molecule has 9 heteroatoms. The largest absolute Gasteiger partial charge is 0.493 e. The predicted molar refractivity (Wildman–Crippen MR) is 148 cm³/mol. The summed E-state index contributed by atoms with van der Waals surface area (Å²) in [7, 11) is 4.66. The van der Waals surface area contributed by atoms with Crippen molar-refractivity contribution in [1.29, 1.82) is 0 Å². The SMILES string of the molecule is COc1cc(NC(=O)N(Cc2ccc3c(c2)OCO3)C2CCN(Cc3ccccc3)CC2)cc(OC)c1OC. The second-order valence-corrected chi connectivity index (χ2v) is 9.65. The molecular formula is C30H35N3O6. The first kappa shape index (κ1) is 26.5. The van der Waals surface area contributed by atoms with Crippen LogP contribution >= 0.6 is 0 Å². The molecule has 9 nitrogen and oxygen atoms in total. The fourth-order valence-corrected chi connectivity index (χ4v) is 5.18. The smallest absolute Gasteiger partial charge is 0.322 e. The van der Waals surface area contributed by atoms with E-state index in [9.17, 15) is 4.79 Å². The van der Waals surface area contributed by atoms with E-state index in [0.29, 0.717) is 35.2 Å². The standard InChI is InChI=1S/C30H35N3O6/c1-35-27-16-23(17-28(36-2)29(27)37-3)31-30(34)33(19-22-9-10-25-26(15-22)39-20-38-25)24-11-13-32(14-12-24)18-21-7-5-4-6-8-21/h4-10,15-17,24H,11-14,18-20H2,1-3H3,(H,31,34). The number of fused-ring (bicyclic) bond motifs is 1. The third kappa shape index (κ3) is 6.15. The van der Waals surface area contributed by atoms with E-state index in [1.165, 1.54) is 5.56 Å². The van der Waals surface area contributed by atoms with Crippen molar-refractivity contribution in [2.24, 2.45) is 0 Å². The summed E-state index contributed by atoms with van der Waals surface area (Å²) >= 11 is 0. The van der Waals surface area contributed by atoms with Crippen LogP contribution in [0.1, 0.15) is 24.0 Å². The minimum Gasteiger partial charge on any atom is -0.493 e. The van der Waals surface area contributed by atoms with Gasteiger partial charge in [-0.15, -0.1) is 0 Å². The molecule has 206 valence electrons. The van der Waals surface area contributed by atoms with E-state index in [-0.39, 0.29) is 18.9 Å². The summed E-state index contributed by atoms with van der Waals surface area (Å²) in [4.78, 5) is 18.2. The number of hydrogen-bond acceptors (Lipinski definition) is 7. The maximum absolute atomic E-state index is 13.8. The van der Waals surface area contributed by atoms with E-state index in [4.69, 9.17) is 23.7 Å². The quantitative estimate of drug-likeness (QED) is 0.408. The number of likely N-dealkylation sites (tertiary alicyclic amines) is 1. The molecule has 1 fully saturated rings. The molecule has 0 saturated carbocycles. The third-order valence-corrected chi connectivity index (χ3v) is 7.21. The summed E-state index contributed by atoms with van der Waals surface area (Å²) in [6.07, 6.45) is 1.75. The molecule has 2 aliphatic rings. The average Bonchev–Trinajstić information content (AvgIpc) is 3.44. The molecule has 3 aromatic carbocycles. The minimum atomic E-state index is -0.191. The van der Waals surface area contributed by atoms with Crippen LogP contribution in [0.15, 0.2) is 60.7 Å². The normalized spacial score (nSPS) is 15.1. The number of carbonyl (C=O) groups is 1. The van der Waals surface area contributed by atoms with E-state index in [1.807, 2.05) is 29.2 Å². The lowest BCUT2D eigenvalue weighted by atomic mass is 10.0. The van der Waals surface area contributed by atoms with Gasteiger partial charge >= 0.3 is 6.03 Å². The Kier molecular flexibility index (Phi) is 8.27. The van der Waals surface area contributed by atoms with Crippen LogP contribution in [0, 0.1) is 0 Å². The molecule has 0 atom stereocenters. The van der Waals surface area contributed by atoms with Crippen LogP contribution in [0.25, 0.3) is 0 Å². The van der Waals surface area contributed by atoms with Crippen LogP contribution < -0.4 is 29.0 Å². The monoisotopic (exact) mass is 533 g/mol. The number of ether oxygens (including phenoxy) is 5. The number of nitrogens with zero attached hydrogens (tertiary/aromatic N) is 2. The Morgan fingerprint density at radius 3 is 2.26 bits per heavy atom. The third-order valence-electron chi connectivity index (χ3n) is 7.21. The minimum absolute atomic E-state index is 0.0736. The first-order valence-electron chi connectivity index (χ1n) is 13.1. The molecule has 0 aromatic heterocycles. The number of hydrogen-bond donors (Lipinski definition) is 1. The van der Waals surface area contributed by atoms with Gasteiger partial charge in [0.05, 0.1) is 27.0 Å². The van der Waals surface area contributed by atoms with Gasteiger partial charge in [0.1, 0.15) is 0 Å². The topological polar surface area (TPSA) is 81.7 Å². The fraction of sp³-hybridized carbons (Fsp3) is 0.367. The fourth-order valence-electron chi connectivity index (χ4n) is 5.18. The maximum Gasteiger partial charge on any atom is 0.322 e. The highest BCUT2D eigenvalue weighted by atomic mass is 16.7. The molecule has 0 radical (unpaired) electrons. The highest BCUT2D eigenvalue weighted by molar-refractivity contribution is 5.90. The first-order chi connectivity index (χ1) is 19.1. The van der Waals surface area contributed by atoms with E-state index in [1.54, 1.807) is 33.5 Å². The van der Waals surface area contributed by atoms with E-state index in [0.717, 1.165) is 43.8 Å². The zero-order valence-electron chi connectivity index (χ0n) is 22.6. The van der Waals surface area contributed by atoms with Crippen molar-refractivity contribution >= 4 is 11.7 Å². The van der Waals surface area contributed by atoms with Gasteiger partial charge < -0.3 is 33.9 Å². The number of piperidine rings is 1. The number of nitrogens with one attached hydrogen (secondary N) is 1. The molecule has 0 bridgehead atoms. The number of anilines is 1. The zero-order valence-corrected chi connectivity index (χ0v) is 22.6. The van der Waals surface area contributed by atoms with Gasteiger partial charge in [0, 0.05) is 44.4 Å². The van der Waals surface area contributed by atoms with Crippen molar-refractivity contribution in [2.45, 2.75) is 32.0 Å². The highest BCUT2D eigenvalue weighted by Gasteiger charge is 2.29. The van der Waals surface area contributed by atoms with Crippen LogP contribution in [0.4, 0.5) is 10.5 Å². The van der Waals surface area contributed by atoms with Crippen LogP contribution in [-0.4, -0.2) is 63.1 Å². The lowest BCUT2D eigenvalue weighted by molar-refractivity contribution is 0.119. The van der Waals surface area contributed by atoms with Crippen molar-refractivity contribution in [3.05, 3.63) is 71.8 Å². The molecule has 2 heterocycles. The van der Waals surface area contributed by atoms with Crippen LogP contribution in [0.2, 0.25) is 0 Å². The van der Waals surface area contributed by atoms with Crippen LogP contribution in [0.5, 0.6) is 28.7 Å². The number of rotatable bonds is 9. The second kappa shape index (κ2) is 12.2. The Balaban J connectivity index is 1.34. The summed E-state index contributed by atoms with van der Waals surface area (Å²) in [6.45, 7) is 3.39. The van der Waals surface area contributed by atoms with Gasteiger partial charge in [-0.25, -0.2) is 4.79 Å². The average molecular weight is 534 g/mol. The summed E-state index contributed by atoms with van der Waals surface area (Å²) in [5, 5.41) is 3.07. The summed E-state index contributed by atoms with van der Waals surface area (Å²) in [5.41, 5.74) is 2.84. The molecule has 1 N–H and O–H groups in total. The number of carbonyl (C=O) groups excluding carboxylic acids is 1. The molecule has 1 saturated heterocycles. The molecule has 39 heavy (non-hydrogen) atoms.